The van der Waals surface area contributed by atoms with Crippen LogP contribution < -0.4 is 0 Å². The molecule has 0 heterocycles. The van der Waals surface area contributed by atoms with Gasteiger partial charge in [-0.3, -0.25) is 14.4 Å². The van der Waals surface area contributed by atoms with Gasteiger partial charge in [-0.25, -0.2) is 4.79 Å². The molecule has 0 aromatic heterocycles. The summed E-state index contributed by atoms with van der Waals surface area (Å²) in [4.78, 5) is 53.4. The molecule has 0 unspecified atom stereocenters. The van der Waals surface area contributed by atoms with Crippen molar-refractivity contribution in [1.29, 1.82) is 0 Å². The minimum Gasteiger partial charge on any atom is -0.469 e. The molecule has 1 aromatic rings. The van der Waals surface area contributed by atoms with Gasteiger partial charge in [0.1, 0.15) is 6.61 Å². The summed E-state index contributed by atoms with van der Waals surface area (Å²) in [6.07, 6.45) is 9.11. The van der Waals surface area contributed by atoms with Crippen molar-refractivity contribution in [2.45, 2.75) is 112 Å². The molecule has 4 fully saturated rings. The number of Topliss-reactive ketones (excluding diaryl/α,β-unsaturated/α-hetero) is 1. The van der Waals surface area contributed by atoms with Gasteiger partial charge < -0.3 is 14.2 Å². The largest absolute Gasteiger partial charge is 0.469 e. The van der Waals surface area contributed by atoms with Crippen LogP contribution in [0.5, 0.6) is 0 Å². The van der Waals surface area contributed by atoms with Crippen molar-refractivity contribution in [3.63, 3.8) is 0 Å². The highest BCUT2D eigenvalue weighted by Gasteiger charge is 2.71. The molecule has 4 saturated carbocycles. The van der Waals surface area contributed by atoms with Crippen molar-refractivity contribution in [2.75, 3.05) is 13.7 Å². The number of fused-ring (bicyclic) bond motifs is 7. The fourth-order valence-corrected chi connectivity index (χ4v) is 11.8. The van der Waals surface area contributed by atoms with Crippen molar-refractivity contribution < 1.29 is 33.4 Å². The molecule has 0 saturated heterocycles. The molecule has 0 N–H and O–H groups in total. The Kier molecular flexibility index (Phi) is 8.16. The quantitative estimate of drug-likeness (QED) is 0.182. The van der Waals surface area contributed by atoms with E-state index in [-0.39, 0.29) is 57.8 Å². The van der Waals surface area contributed by atoms with Crippen LogP contribution in [0.2, 0.25) is 0 Å². The van der Waals surface area contributed by atoms with E-state index in [4.69, 9.17) is 14.2 Å². The Balaban J connectivity index is 1.42. The molecule has 9 atom stereocenters. The molecular formula is C40H54O7. The summed E-state index contributed by atoms with van der Waals surface area (Å²) in [5.74, 6) is -0.847. The Hall–Kier alpha value is -2.96. The van der Waals surface area contributed by atoms with E-state index in [0.717, 1.165) is 51.4 Å². The number of methoxy groups -OCH3 is 1. The first-order valence-electron chi connectivity index (χ1n) is 17.7. The van der Waals surface area contributed by atoms with Crippen LogP contribution >= 0.6 is 0 Å². The lowest BCUT2D eigenvalue weighted by atomic mass is 9.33. The minimum absolute atomic E-state index is 0.0264. The SMILES string of the molecule is COC(=O)[C@]12CCC(C)(C)C[C@H]1C1=CC[C@@H]3[C@@]4(C)C[C@@H](OC(=O)c5ccccc5)C(=O)[C@](C)(COC(C)=O)[C@@H]4CC[C@@]3(C)[C@]1(C)CC2. The molecule has 0 aliphatic heterocycles. The summed E-state index contributed by atoms with van der Waals surface area (Å²) in [5.41, 5.74) is -0.0990. The molecule has 1 aromatic carbocycles. The van der Waals surface area contributed by atoms with Gasteiger partial charge in [-0.2, -0.15) is 0 Å². The van der Waals surface area contributed by atoms with E-state index >= 15 is 0 Å². The molecule has 0 spiro atoms. The topological polar surface area (TPSA) is 96.0 Å². The summed E-state index contributed by atoms with van der Waals surface area (Å²) < 4.78 is 17.2. The molecule has 47 heavy (non-hydrogen) atoms. The van der Waals surface area contributed by atoms with Gasteiger partial charge in [-0.15, -0.1) is 0 Å². The Morgan fingerprint density at radius 3 is 2.21 bits per heavy atom. The number of hydrogen-bond acceptors (Lipinski definition) is 7. The van der Waals surface area contributed by atoms with Gasteiger partial charge in [-0.05, 0) is 116 Å². The number of ether oxygens (including phenoxy) is 3. The van der Waals surface area contributed by atoms with Crippen molar-refractivity contribution in [1.82, 2.24) is 0 Å². The number of hydrogen-bond donors (Lipinski definition) is 0. The number of esters is 3. The number of carbonyl (C=O) groups is 4. The lowest BCUT2D eigenvalue weighted by Gasteiger charge is -2.70. The van der Waals surface area contributed by atoms with Gasteiger partial charge in [0.05, 0.1) is 23.5 Å². The molecular weight excluding hydrogens is 592 g/mol. The first-order valence-corrected chi connectivity index (χ1v) is 17.7. The van der Waals surface area contributed by atoms with E-state index in [1.165, 1.54) is 19.6 Å². The highest BCUT2D eigenvalue weighted by molar-refractivity contribution is 5.95. The van der Waals surface area contributed by atoms with E-state index in [1.54, 1.807) is 24.3 Å². The molecule has 6 rings (SSSR count). The molecule has 0 radical (unpaired) electrons. The van der Waals surface area contributed by atoms with Gasteiger partial charge in [0.2, 0.25) is 0 Å². The van der Waals surface area contributed by atoms with Crippen molar-refractivity contribution >= 4 is 23.7 Å². The zero-order valence-electron chi connectivity index (χ0n) is 29.7. The van der Waals surface area contributed by atoms with Crippen LogP contribution in [0.1, 0.15) is 117 Å². The zero-order valence-corrected chi connectivity index (χ0v) is 29.7. The maximum absolute atomic E-state index is 14.4. The van der Waals surface area contributed by atoms with E-state index in [0.29, 0.717) is 12.0 Å². The smallest absolute Gasteiger partial charge is 0.338 e. The second-order valence-corrected chi connectivity index (χ2v) is 17.4. The second kappa shape index (κ2) is 11.3. The fraction of sp³-hybridized carbons (Fsp3) is 0.700. The van der Waals surface area contributed by atoms with Crippen LogP contribution in [0.15, 0.2) is 42.0 Å². The number of rotatable bonds is 5. The summed E-state index contributed by atoms with van der Waals surface area (Å²) in [5, 5.41) is 0. The van der Waals surface area contributed by atoms with Gasteiger partial charge in [0.15, 0.2) is 11.9 Å². The normalized spacial score (nSPS) is 42.0. The average molecular weight is 647 g/mol. The summed E-state index contributed by atoms with van der Waals surface area (Å²) >= 11 is 0. The molecule has 7 heteroatoms. The Morgan fingerprint density at radius 1 is 0.872 bits per heavy atom. The van der Waals surface area contributed by atoms with Crippen LogP contribution in [-0.4, -0.2) is 43.5 Å². The van der Waals surface area contributed by atoms with Crippen LogP contribution in [0, 0.1) is 50.2 Å². The highest BCUT2D eigenvalue weighted by atomic mass is 16.6. The lowest BCUT2D eigenvalue weighted by molar-refractivity contribution is -0.209. The third-order valence-corrected chi connectivity index (χ3v) is 14.6. The highest BCUT2D eigenvalue weighted by Crippen LogP contribution is 2.75. The maximum atomic E-state index is 14.4. The van der Waals surface area contributed by atoms with E-state index in [1.807, 2.05) is 13.0 Å². The summed E-state index contributed by atoms with van der Waals surface area (Å²) in [6.45, 7) is 15.1. The van der Waals surface area contributed by atoms with Gasteiger partial charge >= 0.3 is 17.9 Å². The first-order chi connectivity index (χ1) is 22.0. The molecule has 256 valence electrons. The second-order valence-electron chi connectivity index (χ2n) is 17.4. The number of carbonyl (C=O) groups excluding carboxylic acids is 4. The third kappa shape index (κ3) is 4.95. The Bertz CT molecular complexity index is 1490. The van der Waals surface area contributed by atoms with Crippen LogP contribution in [0.3, 0.4) is 0 Å². The van der Waals surface area contributed by atoms with Gasteiger partial charge in [0, 0.05) is 6.92 Å². The number of ketones is 1. The standard InChI is InChI=1S/C40H54O7/c1-25(41)46-24-37(5)30-16-17-39(7)31(36(30,4)23-29(32(37)42)47-33(43)26-12-10-9-11-13-26)15-14-27-28-22-35(2,3)18-20-40(28,34(44)45-8)21-19-38(27,39)6/h9-14,28-31H,15-24H2,1-8H3/t28-,29+,30+,31+,36-,37+,38+,39+,40-/m0/s1. The number of allylic oxidation sites excluding steroid dienone is 2. The van der Waals surface area contributed by atoms with Crippen molar-refractivity contribution in [3.05, 3.63) is 47.5 Å². The number of benzene rings is 1. The van der Waals surface area contributed by atoms with E-state index in [2.05, 4.69) is 40.7 Å². The molecule has 0 bridgehead atoms. The van der Waals surface area contributed by atoms with Crippen molar-refractivity contribution in [2.24, 2.45) is 50.2 Å². The van der Waals surface area contributed by atoms with Gasteiger partial charge in [-0.1, -0.05) is 64.5 Å². The first kappa shape index (κ1) is 33.9. The van der Waals surface area contributed by atoms with Crippen LogP contribution in [0.4, 0.5) is 0 Å². The van der Waals surface area contributed by atoms with Crippen LogP contribution in [0.25, 0.3) is 0 Å². The lowest BCUT2D eigenvalue weighted by Crippen LogP contribution is -2.67. The van der Waals surface area contributed by atoms with E-state index in [9.17, 15) is 19.2 Å². The molecule has 7 nitrogen and oxygen atoms in total. The maximum Gasteiger partial charge on any atom is 0.338 e. The fourth-order valence-electron chi connectivity index (χ4n) is 11.8. The van der Waals surface area contributed by atoms with E-state index < -0.39 is 28.9 Å². The van der Waals surface area contributed by atoms with Gasteiger partial charge in [0.25, 0.3) is 0 Å². The monoisotopic (exact) mass is 646 g/mol. The van der Waals surface area contributed by atoms with Crippen LogP contribution in [-0.2, 0) is 28.6 Å². The summed E-state index contributed by atoms with van der Waals surface area (Å²) in [7, 11) is 1.54. The summed E-state index contributed by atoms with van der Waals surface area (Å²) in [6, 6.07) is 8.82. The average Bonchev–Trinajstić information content (AvgIpc) is 3.02. The molecule has 0 amide bonds. The predicted molar refractivity (Wildman–Crippen MR) is 178 cm³/mol. The predicted octanol–water partition coefficient (Wildman–Crippen LogP) is 7.91. The Morgan fingerprint density at radius 2 is 1.55 bits per heavy atom. The zero-order chi connectivity index (χ0) is 34.2. The molecule has 5 aliphatic rings. The van der Waals surface area contributed by atoms with Crippen molar-refractivity contribution in [3.8, 4) is 0 Å². The minimum atomic E-state index is -0.994. The molecule has 5 aliphatic carbocycles. The Labute approximate surface area is 280 Å². The third-order valence-electron chi connectivity index (χ3n) is 14.6.